The van der Waals surface area contributed by atoms with Crippen molar-refractivity contribution in [3.8, 4) is 45.6 Å². The number of esters is 2. The highest BCUT2D eigenvalue weighted by atomic mass is 35.5. The molecule has 7 rings (SSSR count). The van der Waals surface area contributed by atoms with E-state index in [9.17, 15) is 14.4 Å². The zero-order valence-electron chi connectivity index (χ0n) is 31.0. The number of cyclic esters (lactones) is 2. The summed E-state index contributed by atoms with van der Waals surface area (Å²) in [6.07, 6.45) is 1.06. The first kappa shape index (κ1) is 40.8. The van der Waals surface area contributed by atoms with Gasteiger partial charge in [0, 0.05) is 37.8 Å². The van der Waals surface area contributed by atoms with Crippen molar-refractivity contribution in [2.75, 3.05) is 55.0 Å². The molecule has 0 aliphatic carbocycles. The van der Waals surface area contributed by atoms with Crippen LogP contribution < -0.4 is 34.2 Å². The molecule has 0 spiro atoms. The molecular formula is C40H36Cl2N2O12. The summed E-state index contributed by atoms with van der Waals surface area (Å²) in [6.45, 7) is 0.173. The van der Waals surface area contributed by atoms with Gasteiger partial charge in [0.25, 0.3) is 0 Å². The predicted molar refractivity (Wildman–Crippen MR) is 208 cm³/mol. The van der Waals surface area contributed by atoms with Gasteiger partial charge in [-0.05, 0) is 60.2 Å². The number of benzene rings is 4. The molecule has 0 amide bonds. The third kappa shape index (κ3) is 8.61. The Hall–Kier alpha value is -6.38. The Morgan fingerprint density at radius 1 is 0.714 bits per heavy atom. The monoisotopic (exact) mass is 806 g/mol. The molecule has 5 aromatic rings. The Kier molecular flexibility index (Phi) is 13.0. The molecule has 4 aromatic carbocycles. The number of ether oxygens (including phenoxy) is 8. The number of aliphatic hydroxyl groups excluding tert-OH is 1. The Morgan fingerprint density at radius 3 is 1.75 bits per heavy atom. The van der Waals surface area contributed by atoms with Gasteiger partial charge in [0.15, 0.2) is 28.8 Å². The Balaban J connectivity index is 0.000000185. The maximum absolute atomic E-state index is 12.6. The standard InChI is InChI=1S/C20H16ClNO5.C16H16ClNO4.C4H4O3/c1-24-15-6-10(7-16(25-2)19(15)26-3)17-12-5-4-11(21)8-13(12)22-14-9-27-20(23)18(14)17;1-20-13-6-9(7-14(21-2)16(13)22-3)15(19)11-5-4-10(17)8-12(11)18;5-3-1-4(6)7-2-3/h4-8H,9H2,1-3H3;4-8H,18H2,1-3H3;1,5H,2H2. The fourth-order valence-electron chi connectivity index (χ4n) is 5.82. The largest absolute Gasteiger partial charge is 0.508 e. The molecule has 0 saturated heterocycles. The lowest BCUT2D eigenvalue weighted by Crippen LogP contribution is -2.07. The first-order valence-corrected chi connectivity index (χ1v) is 17.2. The molecule has 0 atom stereocenters. The molecule has 56 heavy (non-hydrogen) atoms. The Morgan fingerprint density at radius 2 is 1.27 bits per heavy atom. The summed E-state index contributed by atoms with van der Waals surface area (Å²) in [5, 5.41) is 10.2. The summed E-state index contributed by atoms with van der Waals surface area (Å²) in [6, 6.07) is 16.9. The number of nitrogens with zero attached hydrogens (tertiary/aromatic N) is 1. The van der Waals surface area contributed by atoms with Gasteiger partial charge < -0.3 is 48.7 Å². The third-order valence-electron chi connectivity index (χ3n) is 8.35. The highest BCUT2D eigenvalue weighted by molar-refractivity contribution is 6.31. The van der Waals surface area contributed by atoms with Crippen LogP contribution in [0.25, 0.3) is 22.0 Å². The van der Waals surface area contributed by atoms with Gasteiger partial charge in [0.1, 0.15) is 19.0 Å². The normalized spacial score (nSPS) is 12.5. The summed E-state index contributed by atoms with van der Waals surface area (Å²) in [7, 11) is 9.11. The first-order valence-electron chi connectivity index (χ1n) is 16.4. The van der Waals surface area contributed by atoms with Crippen LogP contribution in [-0.2, 0) is 20.9 Å². The van der Waals surface area contributed by atoms with Crippen LogP contribution in [0.3, 0.4) is 0 Å². The average molecular weight is 808 g/mol. The summed E-state index contributed by atoms with van der Waals surface area (Å²) in [5.41, 5.74) is 10.1. The van der Waals surface area contributed by atoms with E-state index in [2.05, 4.69) is 9.72 Å². The molecule has 16 heteroatoms. The van der Waals surface area contributed by atoms with E-state index in [1.165, 1.54) is 27.4 Å². The second-order valence-corrected chi connectivity index (χ2v) is 12.6. The van der Waals surface area contributed by atoms with Gasteiger partial charge in [0.05, 0.1) is 65.5 Å². The average Bonchev–Trinajstić information content (AvgIpc) is 3.77. The lowest BCUT2D eigenvalue weighted by atomic mass is 9.94. The van der Waals surface area contributed by atoms with E-state index in [0.717, 1.165) is 17.0 Å². The quantitative estimate of drug-likeness (QED) is 0.0852. The van der Waals surface area contributed by atoms with Crippen LogP contribution in [0.15, 0.2) is 72.5 Å². The van der Waals surface area contributed by atoms with Crippen LogP contribution >= 0.6 is 23.2 Å². The summed E-state index contributed by atoms with van der Waals surface area (Å²) < 4.78 is 41.5. The molecule has 0 saturated carbocycles. The molecule has 0 unspecified atom stereocenters. The molecule has 2 aliphatic rings. The van der Waals surface area contributed by atoms with Crippen LogP contribution in [0.1, 0.15) is 32.0 Å². The van der Waals surface area contributed by atoms with Crippen molar-refractivity contribution in [2.24, 2.45) is 0 Å². The van der Waals surface area contributed by atoms with Gasteiger partial charge in [-0.15, -0.1) is 0 Å². The smallest absolute Gasteiger partial charge is 0.341 e. The number of methoxy groups -OCH3 is 6. The molecule has 3 heterocycles. The fraction of sp³-hybridized carbons (Fsp3) is 0.200. The number of ketones is 1. The molecular weight excluding hydrogens is 771 g/mol. The van der Waals surface area contributed by atoms with E-state index in [1.54, 1.807) is 69.9 Å². The van der Waals surface area contributed by atoms with Crippen LogP contribution in [0.4, 0.5) is 5.69 Å². The topological polar surface area (TPSA) is 184 Å². The van der Waals surface area contributed by atoms with E-state index in [1.807, 2.05) is 6.07 Å². The summed E-state index contributed by atoms with van der Waals surface area (Å²) >= 11 is 12.0. The molecule has 0 radical (unpaired) electrons. The first-order chi connectivity index (χ1) is 26.9. The number of carbonyl (C=O) groups is 3. The maximum atomic E-state index is 12.6. The second kappa shape index (κ2) is 17.8. The number of hydrogen-bond donors (Lipinski definition) is 2. The SMILES string of the molecule is COc1cc(-c2c3c(nc4cc(Cl)ccc24)COC3=O)cc(OC)c1OC.COc1cc(C(=O)c2ccc(Cl)cc2N)cc(OC)c1OC.O=C1C=C(O)CO1. The molecule has 0 bridgehead atoms. The van der Waals surface area contributed by atoms with Crippen molar-refractivity contribution in [3.63, 3.8) is 0 Å². The minimum atomic E-state index is -0.461. The molecule has 292 valence electrons. The Bertz CT molecular complexity index is 2310. The highest BCUT2D eigenvalue weighted by Gasteiger charge is 2.30. The Labute approximate surface area is 331 Å². The predicted octanol–water partition coefficient (Wildman–Crippen LogP) is 7.42. The number of anilines is 1. The number of halogens is 2. The highest BCUT2D eigenvalue weighted by Crippen LogP contribution is 2.45. The van der Waals surface area contributed by atoms with E-state index in [-0.39, 0.29) is 24.8 Å². The minimum Gasteiger partial charge on any atom is -0.508 e. The van der Waals surface area contributed by atoms with E-state index < -0.39 is 11.9 Å². The van der Waals surface area contributed by atoms with Crippen LogP contribution in [0.2, 0.25) is 10.0 Å². The number of fused-ring (bicyclic) bond motifs is 2. The molecule has 3 N–H and O–H groups in total. The van der Waals surface area contributed by atoms with Crippen molar-refractivity contribution in [1.29, 1.82) is 0 Å². The number of pyridine rings is 1. The number of carbonyl (C=O) groups excluding carboxylic acids is 3. The number of rotatable bonds is 9. The van der Waals surface area contributed by atoms with Gasteiger partial charge in [-0.2, -0.15) is 0 Å². The van der Waals surface area contributed by atoms with E-state index in [0.29, 0.717) is 83.7 Å². The number of aliphatic hydroxyl groups is 1. The number of nitrogen functional groups attached to an aromatic ring is 1. The third-order valence-corrected chi connectivity index (χ3v) is 8.82. The van der Waals surface area contributed by atoms with Crippen molar-refractivity contribution in [1.82, 2.24) is 4.98 Å². The van der Waals surface area contributed by atoms with Crippen molar-refractivity contribution in [3.05, 3.63) is 105 Å². The number of nitrogens with two attached hydrogens (primary N) is 1. The van der Waals surface area contributed by atoms with Gasteiger partial charge in [-0.1, -0.05) is 29.3 Å². The van der Waals surface area contributed by atoms with Gasteiger partial charge >= 0.3 is 11.9 Å². The van der Waals surface area contributed by atoms with Gasteiger partial charge in [-0.25, -0.2) is 14.6 Å². The van der Waals surface area contributed by atoms with E-state index >= 15 is 0 Å². The lowest BCUT2D eigenvalue weighted by Gasteiger charge is -2.16. The van der Waals surface area contributed by atoms with Crippen LogP contribution in [0.5, 0.6) is 34.5 Å². The molecule has 1 aromatic heterocycles. The summed E-state index contributed by atoms with van der Waals surface area (Å²) in [4.78, 5) is 39.6. The lowest BCUT2D eigenvalue weighted by molar-refractivity contribution is -0.135. The zero-order valence-corrected chi connectivity index (χ0v) is 32.5. The number of hydrogen-bond acceptors (Lipinski definition) is 14. The molecule has 2 aliphatic heterocycles. The fourth-order valence-corrected chi connectivity index (χ4v) is 6.16. The van der Waals surface area contributed by atoms with E-state index in [4.69, 9.17) is 67.2 Å². The van der Waals surface area contributed by atoms with Crippen molar-refractivity contribution < 1.29 is 57.4 Å². The zero-order chi connectivity index (χ0) is 40.7. The maximum Gasteiger partial charge on any atom is 0.341 e. The van der Waals surface area contributed by atoms with Crippen LogP contribution in [-0.4, -0.2) is 77.1 Å². The molecule has 14 nitrogen and oxygen atoms in total. The van der Waals surface area contributed by atoms with Gasteiger partial charge in [-0.3, -0.25) is 4.79 Å². The molecule has 0 fully saturated rings. The van der Waals surface area contributed by atoms with Crippen molar-refractivity contribution >= 4 is 57.5 Å². The second-order valence-electron chi connectivity index (χ2n) is 11.7. The summed E-state index contributed by atoms with van der Waals surface area (Å²) in [5.74, 6) is 1.57. The van der Waals surface area contributed by atoms with Crippen molar-refractivity contribution in [2.45, 2.75) is 6.61 Å². The van der Waals surface area contributed by atoms with Crippen LogP contribution in [0, 0.1) is 0 Å². The van der Waals surface area contributed by atoms with Gasteiger partial charge in [0.2, 0.25) is 11.5 Å². The minimum absolute atomic E-state index is 0.00463. The number of aromatic nitrogens is 1.